The highest BCUT2D eigenvalue weighted by molar-refractivity contribution is 6.07. The van der Waals surface area contributed by atoms with Gasteiger partial charge in [0.05, 0.1) is 22.3 Å². The largest absolute Gasteiger partial charge is 0.350 e. The highest BCUT2D eigenvalue weighted by Crippen LogP contribution is 2.26. The molecule has 2 aromatic heterocycles. The molecule has 0 radical (unpaired) electrons. The van der Waals surface area contributed by atoms with E-state index in [0.29, 0.717) is 5.56 Å². The van der Waals surface area contributed by atoms with E-state index >= 15 is 0 Å². The minimum atomic E-state index is -0.0679. The summed E-state index contributed by atoms with van der Waals surface area (Å²) in [6.07, 6.45) is 1.99. The average molecular weight is 336 g/mol. The molecule has 1 aromatic carbocycles. The molecule has 0 spiro atoms. The number of aryl methyl sites for hydroxylation is 2. The molecule has 1 N–H and O–H groups in total. The molecule has 130 valence electrons. The molecule has 5 nitrogen and oxygen atoms in total. The summed E-state index contributed by atoms with van der Waals surface area (Å²) < 4.78 is 1.74. The van der Waals surface area contributed by atoms with Gasteiger partial charge in [-0.15, -0.1) is 0 Å². The molecule has 25 heavy (non-hydrogen) atoms. The summed E-state index contributed by atoms with van der Waals surface area (Å²) in [6.45, 7) is 6.07. The molecular formula is C20H24N4O. The maximum Gasteiger partial charge on any atom is 0.252 e. The lowest BCUT2D eigenvalue weighted by molar-refractivity contribution is 0.0940. The molecule has 0 fully saturated rings. The number of benzene rings is 1. The maximum atomic E-state index is 12.9. The van der Waals surface area contributed by atoms with Gasteiger partial charge in [0.2, 0.25) is 0 Å². The molecule has 0 aliphatic heterocycles. The molecule has 1 atom stereocenters. The van der Waals surface area contributed by atoms with Gasteiger partial charge < -0.3 is 5.32 Å². The fourth-order valence-electron chi connectivity index (χ4n) is 3.19. The van der Waals surface area contributed by atoms with Gasteiger partial charge in [0, 0.05) is 18.7 Å². The fourth-order valence-corrected chi connectivity index (χ4v) is 3.19. The van der Waals surface area contributed by atoms with Gasteiger partial charge in [-0.2, -0.15) is 5.10 Å². The number of pyridine rings is 1. The number of amides is 1. The van der Waals surface area contributed by atoms with Gasteiger partial charge in [0.25, 0.3) is 5.91 Å². The van der Waals surface area contributed by atoms with E-state index in [9.17, 15) is 4.79 Å². The summed E-state index contributed by atoms with van der Waals surface area (Å²) >= 11 is 0. The van der Waals surface area contributed by atoms with Crippen LogP contribution in [0.1, 0.15) is 42.7 Å². The Morgan fingerprint density at radius 3 is 2.68 bits per heavy atom. The number of aromatic nitrogens is 3. The van der Waals surface area contributed by atoms with E-state index in [-0.39, 0.29) is 11.9 Å². The van der Waals surface area contributed by atoms with Crippen molar-refractivity contribution in [3.8, 4) is 11.3 Å². The molecule has 3 aromatic rings. The van der Waals surface area contributed by atoms with Crippen LogP contribution in [0.15, 0.2) is 36.4 Å². The van der Waals surface area contributed by atoms with Crippen LogP contribution in [0.4, 0.5) is 0 Å². The van der Waals surface area contributed by atoms with Crippen LogP contribution in [0.5, 0.6) is 0 Å². The first-order valence-electron chi connectivity index (χ1n) is 8.72. The lowest BCUT2D eigenvalue weighted by atomic mass is 10.0. The SMILES string of the molecule is CCCC(C)NC(=O)c1cc(-c2ccccc2)nc2c1c(C)nn2C. The second-order valence-corrected chi connectivity index (χ2v) is 6.49. The number of fused-ring (bicyclic) bond motifs is 1. The minimum Gasteiger partial charge on any atom is -0.350 e. The van der Waals surface area contributed by atoms with Gasteiger partial charge in [-0.25, -0.2) is 4.98 Å². The van der Waals surface area contributed by atoms with E-state index in [4.69, 9.17) is 4.98 Å². The molecular weight excluding hydrogens is 312 g/mol. The smallest absolute Gasteiger partial charge is 0.252 e. The predicted molar refractivity (Wildman–Crippen MR) is 101 cm³/mol. The number of carbonyl (C=O) groups excluding carboxylic acids is 1. The molecule has 1 unspecified atom stereocenters. The van der Waals surface area contributed by atoms with Crippen LogP contribution in [-0.2, 0) is 7.05 Å². The van der Waals surface area contributed by atoms with E-state index in [0.717, 1.165) is 40.8 Å². The summed E-state index contributed by atoms with van der Waals surface area (Å²) in [5.74, 6) is -0.0679. The number of rotatable bonds is 5. The molecule has 0 bridgehead atoms. The number of nitrogens with zero attached hydrogens (tertiary/aromatic N) is 3. The predicted octanol–water partition coefficient (Wildman–Crippen LogP) is 3.86. The van der Waals surface area contributed by atoms with E-state index in [1.54, 1.807) is 4.68 Å². The molecule has 1 amide bonds. The highest BCUT2D eigenvalue weighted by Gasteiger charge is 2.20. The summed E-state index contributed by atoms with van der Waals surface area (Å²) in [5.41, 5.74) is 3.95. The van der Waals surface area contributed by atoms with Crippen molar-refractivity contribution in [2.45, 2.75) is 39.7 Å². The number of hydrogen-bond acceptors (Lipinski definition) is 3. The summed E-state index contributed by atoms with van der Waals surface area (Å²) in [6, 6.07) is 11.9. The Morgan fingerprint density at radius 2 is 2.00 bits per heavy atom. The van der Waals surface area contributed by atoms with Crippen LogP contribution in [0.3, 0.4) is 0 Å². The van der Waals surface area contributed by atoms with Gasteiger partial charge in [-0.3, -0.25) is 9.48 Å². The zero-order chi connectivity index (χ0) is 18.0. The third kappa shape index (κ3) is 3.40. The van der Waals surface area contributed by atoms with Crippen molar-refractivity contribution in [2.24, 2.45) is 7.05 Å². The topological polar surface area (TPSA) is 59.8 Å². The van der Waals surface area contributed by atoms with Crippen LogP contribution >= 0.6 is 0 Å². The van der Waals surface area contributed by atoms with Gasteiger partial charge in [-0.05, 0) is 26.3 Å². The summed E-state index contributed by atoms with van der Waals surface area (Å²) in [5, 5.41) is 8.38. The average Bonchev–Trinajstić information content (AvgIpc) is 2.89. The molecule has 5 heteroatoms. The van der Waals surface area contributed by atoms with Crippen LogP contribution in [0, 0.1) is 6.92 Å². The lowest BCUT2D eigenvalue weighted by Crippen LogP contribution is -2.32. The van der Waals surface area contributed by atoms with Crippen LogP contribution in [0.25, 0.3) is 22.3 Å². The number of hydrogen-bond donors (Lipinski definition) is 1. The zero-order valence-corrected chi connectivity index (χ0v) is 15.2. The second kappa shape index (κ2) is 7.05. The van der Waals surface area contributed by atoms with Crippen LogP contribution in [0.2, 0.25) is 0 Å². The van der Waals surface area contributed by atoms with E-state index in [1.807, 2.05) is 57.3 Å². The first kappa shape index (κ1) is 17.1. The first-order chi connectivity index (χ1) is 12.0. The Hall–Kier alpha value is -2.69. The molecule has 3 rings (SSSR count). The Kier molecular flexibility index (Phi) is 4.83. The van der Waals surface area contributed by atoms with Gasteiger partial charge in [0.1, 0.15) is 0 Å². The van der Waals surface area contributed by atoms with Crippen molar-refractivity contribution in [3.63, 3.8) is 0 Å². The zero-order valence-electron chi connectivity index (χ0n) is 15.2. The minimum absolute atomic E-state index is 0.0679. The van der Waals surface area contributed by atoms with Crippen molar-refractivity contribution in [1.82, 2.24) is 20.1 Å². The first-order valence-corrected chi connectivity index (χ1v) is 8.72. The Balaban J connectivity index is 2.13. The van der Waals surface area contributed by atoms with Crippen molar-refractivity contribution in [1.29, 1.82) is 0 Å². The van der Waals surface area contributed by atoms with Gasteiger partial charge >= 0.3 is 0 Å². The second-order valence-electron chi connectivity index (χ2n) is 6.49. The number of nitrogens with one attached hydrogen (secondary N) is 1. The molecule has 0 saturated carbocycles. The van der Waals surface area contributed by atoms with Crippen molar-refractivity contribution >= 4 is 16.9 Å². The molecule has 0 saturated heterocycles. The Labute approximate surface area is 148 Å². The molecule has 0 aliphatic rings. The third-order valence-corrected chi connectivity index (χ3v) is 4.38. The molecule has 0 aliphatic carbocycles. The quantitative estimate of drug-likeness (QED) is 0.769. The van der Waals surface area contributed by atoms with Crippen LogP contribution in [-0.4, -0.2) is 26.7 Å². The Morgan fingerprint density at radius 1 is 1.28 bits per heavy atom. The molecule has 2 heterocycles. The highest BCUT2D eigenvalue weighted by atomic mass is 16.1. The van der Waals surface area contributed by atoms with Crippen molar-refractivity contribution in [3.05, 3.63) is 47.7 Å². The third-order valence-electron chi connectivity index (χ3n) is 4.38. The lowest BCUT2D eigenvalue weighted by Gasteiger charge is -2.14. The van der Waals surface area contributed by atoms with E-state index in [1.165, 1.54) is 0 Å². The Bertz CT molecular complexity index is 899. The normalized spacial score (nSPS) is 12.3. The maximum absolute atomic E-state index is 12.9. The summed E-state index contributed by atoms with van der Waals surface area (Å²) in [4.78, 5) is 17.7. The fraction of sp³-hybridized carbons (Fsp3) is 0.350. The van der Waals surface area contributed by atoms with Gasteiger partial charge in [0.15, 0.2) is 5.65 Å². The standard InChI is InChI=1S/C20H24N4O/c1-5-9-13(2)21-20(25)16-12-17(15-10-7-6-8-11-15)22-19-18(16)14(3)23-24(19)4/h6-8,10-13H,5,9H2,1-4H3,(H,21,25). The van der Waals surface area contributed by atoms with Gasteiger partial charge in [-0.1, -0.05) is 43.7 Å². The van der Waals surface area contributed by atoms with E-state index < -0.39 is 0 Å². The monoisotopic (exact) mass is 336 g/mol. The number of carbonyl (C=O) groups is 1. The van der Waals surface area contributed by atoms with E-state index in [2.05, 4.69) is 17.3 Å². The van der Waals surface area contributed by atoms with Crippen LogP contribution < -0.4 is 5.32 Å². The van der Waals surface area contributed by atoms with Crippen molar-refractivity contribution < 1.29 is 4.79 Å². The summed E-state index contributed by atoms with van der Waals surface area (Å²) in [7, 11) is 1.86. The van der Waals surface area contributed by atoms with Crippen molar-refractivity contribution in [2.75, 3.05) is 0 Å².